The highest BCUT2D eigenvalue weighted by molar-refractivity contribution is 6.10. The summed E-state index contributed by atoms with van der Waals surface area (Å²) in [6, 6.07) is 18.6. The van der Waals surface area contributed by atoms with E-state index in [2.05, 4.69) is 17.1 Å². The van der Waals surface area contributed by atoms with Crippen molar-refractivity contribution in [2.45, 2.75) is 6.54 Å². The third kappa shape index (κ3) is 3.25. The van der Waals surface area contributed by atoms with Gasteiger partial charge in [0.2, 0.25) is 5.91 Å². The smallest absolute Gasteiger partial charge is 0.259 e. The van der Waals surface area contributed by atoms with E-state index in [0.29, 0.717) is 22.7 Å². The minimum Gasteiger partial charge on any atom is -0.356 e. The lowest BCUT2D eigenvalue weighted by Gasteiger charge is -2.16. The number of hydrogen-bond acceptors (Lipinski definition) is 4. The molecule has 1 aliphatic rings. The lowest BCUT2D eigenvalue weighted by Crippen LogP contribution is -2.36. The summed E-state index contributed by atoms with van der Waals surface area (Å²) in [5.74, 6) is 0.138. The van der Waals surface area contributed by atoms with Gasteiger partial charge in [-0.2, -0.15) is 0 Å². The number of carbonyl (C=O) groups is 2. The Morgan fingerprint density at radius 2 is 1.78 bits per heavy atom. The number of hydrogen-bond donors (Lipinski definition) is 1. The van der Waals surface area contributed by atoms with E-state index in [1.807, 2.05) is 42.5 Å². The monoisotopic (exact) mass is 359 g/mol. The van der Waals surface area contributed by atoms with Crippen molar-refractivity contribution in [3.05, 3.63) is 84.1 Å². The summed E-state index contributed by atoms with van der Waals surface area (Å²) in [5, 5.41) is 6.73. The van der Waals surface area contributed by atoms with E-state index in [0.717, 1.165) is 11.1 Å². The second-order valence-electron chi connectivity index (χ2n) is 6.21. The first-order valence-corrected chi connectivity index (χ1v) is 8.51. The van der Waals surface area contributed by atoms with Crippen molar-refractivity contribution in [3.8, 4) is 11.3 Å². The number of nitrogens with zero attached hydrogens (tertiary/aromatic N) is 2. The van der Waals surface area contributed by atoms with Crippen LogP contribution >= 0.6 is 0 Å². The molecule has 0 saturated carbocycles. The van der Waals surface area contributed by atoms with Crippen LogP contribution < -0.4 is 5.32 Å². The van der Waals surface area contributed by atoms with Crippen molar-refractivity contribution in [1.29, 1.82) is 0 Å². The lowest BCUT2D eigenvalue weighted by atomic mass is 10.1. The summed E-state index contributed by atoms with van der Waals surface area (Å²) in [6.07, 6.45) is 0. The van der Waals surface area contributed by atoms with Crippen LogP contribution in [-0.4, -0.2) is 28.4 Å². The topological polar surface area (TPSA) is 75.4 Å². The number of nitrogens with one attached hydrogen (secondary N) is 1. The van der Waals surface area contributed by atoms with E-state index in [1.54, 1.807) is 18.2 Å². The fourth-order valence-corrected chi connectivity index (χ4v) is 3.02. The first-order chi connectivity index (χ1) is 13.1. The van der Waals surface area contributed by atoms with E-state index in [1.165, 1.54) is 4.90 Å². The van der Waals surface area contributed by atoms with Gasteiger partial charge in [0.25, 0.3) is 5.91 Å². The minimum absolute atomic E-state index is 0.0876. The third-order valence-electron chi connectivity index (χ3n) is 4.43. The Balaban J connectivity index is 1.37. The molecule has 2 aromatic carbocycles. The van der Waals surface area contributed by atoms with Gasteiger partial charge >= 0.3 is 0 Å². The van der Waals surface area contributed by atoms with Gasteiger partial charge in [-0.1, -0.05) is 60.3 Å². The molecule has 0 radical (unpaired) electrons. The van der Waals surface area contributed by atoms with Gasteiger partial charge in [0.15, 0.2) is 5.76 Å². The van der Waals surface area contributed by atoms with Gasteiger partial charge < -0.3 is 9.84 Å². The molecule has 2 heterocycles. The number of fused-ring (bicyclic) bond motifs is 1. The summed E-state index contributed by atoms with van der Waals surface area (Å²) < 4.78 is 5.31. The van der Waals surface area contributed by atoms with Gasteiger partial charge in [-0.15, -0.1) is 0 Å². The standard InChI is InChI=1S/C21H17N3O3/c1-14-17-9-5-6-10-18(17)21(26)24(14)13-20(25)22-12-16-11-19(27-23-16)15-7-3-2-4-8-15/h2-11H,1,12-13H2,(H,22,25). The van der Waals surface area contributed by atoms with Crippen LogP contribution in [0.2, 0.25) is 0 Å². The molecule has 0 bridgehead atoms. The number of aromatic nitrogens is 1. The molecule has 1 aliphatic heterocycles. The zero-order chi connectivity index (χ0) is 18.8. The molecule has 4 rings (SSSR count). The van der Waals surface area contributed by atoms with Crippen molar-refractivity contribution in [1.82, 2.24) is 15.4 Å². The highest BCUT2D eigenvalue weighted by Gasteiger charge is 2.31. The lowest BCUT2D eigenvalue weighted by molar-refractivity contribution is -0.121. The van der Waals surface area contributed by atoms with Crippen LogP contribution in [0, 0.1) is 0 Å². The maximum absolute atomic E-state index is 12.4. The van der Waals surface area contributed by atoms with Crippen molar-refractivity contribution in [2.24, 2.45) is 0 Å². The molecule has 134 valence electrons. The normalized spacial score (nSPS) is 13.0. The SMILES string of the molecule is C=C1c2ccccc2C(=O)N1CC(=O)NCc1cc(-c2ccccc2)on1. The van der Waals surface area contributed by atoms with Crippen molar-refractivity contribution >= 4 is 17.5 Å². The number of rotatable bonds is 5. The Morgan fingerprint density at radius 1 is 1.07 bits per heavy atom. The van der Waals surface area contributed by atoms with Crippen LogP contribution in [-0.2, 0) is 11.3 Å². The highest BCUT2D eigenvalue weighted by atomic mass is 16.5. The van der Waals surface area contributed by atoms with Crippen LogP contribution in [0.5, 0.6) is 0 Å². The van der Waals surface area contributed by atoms with Crippen LogP contribution in [0.3, 0.4) is 0 Å². The molecule has 6 heteroatoms. The number of benzene rings is 2. The van der Waals surface area contributed by atoms with E-state index >= 15 is 0 Å². The van der Waals surface area contributed by atoms with Gasteiger partial charge in [0.1, 0.15) is 12.2 Å². The van der Waals surface area contributed by atoms with Crippen molar-refractivity contribution in [2.75, 3.05) is 6.54 Å². The second-order valence-corrected chi connectivity index (χ2v) is 6.21. The third-order valence-corrected chi connectivity index (χ3v) is 4.43. The van der Waals surface area contributed by atoms with Gasteiger partial charge in [-0.3, -0.25) is 14.5 Å². The molecular weight excluding hydrogens is 342 g/mol. The van der Waals surface area contributed by atoms with E-state index in [-0.39, 0.29) is 24.9 Å². The Hall–Kier alpha value is -3.67. The second kappa shape index (κ2) is 6.92. The van der Waals surface area contributed by atoms with E-state index in [9.17, 15) is 9.59 Å². The predicted octanol–water partition coefficient (Wildman–Crippen LogP) is 3.08. The summed E-state index contributed by atoms with van der Waals surface area (Å²) in [7, 11) is 0. The predicted molar refractivity (Wildman–Crippen MR) is 100 cm³/mol. The van der Waals surface area contributed by atoms with Gasteiger partial charge in [0.05, 0.1) is 6.54 Å². The molecule has 0 unspecified atom stereocenters. The Morgan fingerprint density at radius 3 is 2.52 bits per heavy atom. The average molecular weight is 359 g/mol. The van der Waals surface area contributed by atoms with Crippen LogP contribution in [0.4, 0.5) is 0 Å². The summed E-state index contributed by atoms with van der Waals surface area (Å²) >= 11 is 0. The quantitative estimate of drug-likeness (QED) is 0.760. The molecule has 2 amide bonds. The minimum atomic E-state index is -0.290. The fraction of sp³-hybridized carbons (Fsp3) is 0.0952. The number of carbonyl (C=O) groups excluding carboxylic acids is 2. The molecular formula is C21H17N3O3. The number of amides is 2. The first kappa shape index (κ1) is 16.8. The Bertz CT molecular complexity index is 989. The van der Waals surface area contributed by atoms with Crippen molar-refractivity contribution in [3.63, 3.8) is 0 Å². The van der Waals surface area contributed by atoms with Crippen LogP contribution in [0.1, 0.15) is 21.6 Å². The first-order valence-electron chi connectivity index (χ1n) is 8.51. The molecule has 0 saturated heterocycles. The van der Waals surface area contributed by atoms with E-state index in [4.69, 9.17) is 4.52 Å². The molecule has 0 fully saturated rings. The van der Waals surface area contributed by atoms with Crippen LogP contribution in [0.15, 0.2) is 71.8 Å². The van der Waals surface area contributed by atoms with Crippen molar-refractivity contribution < 1.29 is 14.1 Å². The van der Waals surface area contributed by atoms with Gasteiger partial charge in [-0.05, 0) is 6.07 Å². The molecule has 3 aromatic rings. The summed E-state index contributed by atoms with van der Waals surface area (Å²) in [4.78, 5) is 26.1. The maximum atomic E-state index is 12.4. The summed E-state index contributed by atoms with van der Waals surface area (Å²) in [6.45, 7) is 4.06. The molecule has 0 spiro atoms. The van der Waals surface area contributed by atoms with Gasteiger partial charge in [-0.25, -0.2) is 0 Å². The van der Waals surface area contributed by atoms with Gasteiger partial charge in [0, 0.05) is 28.5 Å². The molecule has 1 N–H and O–H groups in total. The zero-order valence-corrected chi connectivity index (χ0v) is 14.5. The zero-order valence-electron chi connectivity index (χ0n) is 14.5. The Labute approximate surface area is 156 Å². The van der Waals surface area contributed by atoms with E-state index < -0.39 is 0 Å². The fourth-order valence-electron chi connectivity index (χ4n) is 3.02. The molecule has 27 heavy (non-hydrogen) atoms. The largest absolute Gasteiger partial charge is 0.356 e. The molecule has 0 atom stereocenters. The highest BCUT2D eigenvalue weighted by Crippen LogP contribution is 2.30. The maximum Gasteiger partial charge on any atom is 0.259 e. The Kier molecular flexibility index (Phi) is 4.30. The molecule has 0 aliphatic carbocycles. The summed E-state index contributed by atoms with van der Waals surface area (Å²) in [5.41, 5.74) is 3.40. The van der Waals surface area contributed by atoms with Crippen LogP contribution in [0.25, 0.3) is 17.0 Å². The average Bonchev–Trinajstić information content (AvgIpc) is 3.27. The molecule has 6 nitrogen and oxygen atoms in total. The molecule has 1 aromatic heterocycles.